The van der Waals surface area contributed by atoms with Crippen molar-refractivity contribution in [3.63, 3.8) is 0 Å². The molecule has 82 valence electrons. The third kappa shape index (κ3) is 2.10. The first-order valence-corrected chi connectivity index (χ1v) is 5.92. The second-order valence-electron chi connectivity index (χ2n) is 4.96. The molecule has 0 spiro atoms. The molecule has 1 aliphatic heterocycles. The largest absolute Gasteiger partial charge is 0.388 e. The van der Waals surface area contributed by atoms with Crippen LogP contribution in [0, 0.1) is 0 Å². The SMILES string of the molecule is NC1CCCC(O)(C2CCCCN2)C1. The average molecular weight is 198 g/mol. The van der Waals surface area contributed by atoms with E-state index >= 15 is 0 Å². The standard InChI is InChI=1S/C11H22N2O/c12-9-4-3-6-11(14,8-9)10-5-1-2-7-13-10/h9-10,13-14H,1-8,12H2. The van der Waals surface area contributed by atoms with Gasteiger partial charge in [-0.25, -0.2) is 0 Å². The van der Waals surface area contributed by atoms with Crippen LogP contribution in [0.25, 0.3) is 0 Å². The van der Waals surface area contributed by atoms with E-state index in [1.807, 2.05) is 0 Å². The molecule has 14 heavy (non-hydrogen) atoms. The highest BCUT2D eigenvalue weighted by Gasteiger charge is 2.40. The maximum absolute atomic E-state index is 10.5. The van der Waals surface area contributed by atoms with Crippen molar-refractivity contribution in [2.45, 2.75) is 62.6 Å². The van der Waals surface area contributed by atoms with Gasteiger partial charge in [-0.1, -0.05) is 6.42 Å². The van der Waals surface area contributed by atoms with Crippen molar-refractivity contribution in [1.82, 2.24) is 5.32 Å². The number of hydrogen-bond acceptors (Lipinski definition) is 3. The van der Waals surface area contributed by atoms with Gasteiger partial charge in [0.15, 0.2) is 0 Å². The van der Waals surface area contributed by atoms with E-state index in [0.29, 0.717) is 6.04 Å². The van der Waals surface area contributed by atoms with Crippen molar-refractivity contribution < 1.29 is 5.11 Å². The zero-order valence-corrected chi connectivity index (χ0v) is 8.84. The minimum Gasteiger partial charge on any atom is -0.388 e. The lowest BCUT2D eigenvalue weighted by Crippen LogP contribution is -2.56. The Morgan fingerprint density at radius 2 is 2.07 bits per heavy atom. The average Bonchev–Trinajstić information content (AvgIpc) is 2.19. The van der Waals surface area contributed by atoms with E-state index in [0.717, 1.165) is 38.6 Å². The molecule has 1 heterocycles. The molecule has 0 aromatic rings. The number of hydrogen-bond donors (Lipinski definition) is 3. The Labute approximate surface area is 86.1 Å². The first-order valence-electron chi connectivity index (χ1n) is 5.92. The molecule has 0 bridgehead atoms. The van der Waals surface area contributed by atoms with Crippen LogP contribution in [0.2, 0.25) is 0 Å². The van der Waals surface area contributed by atoms with Gasteiger partial charge in [-0.2, -0.15) is 0 Å². The summed E-state index contributed by atoms with van der Waals surface area (Å²) in [5.74, 6) is 0. The summed E-state index contributed by atoms with van der Waals surface area (Å²) in [6.45, 7) is 1.06. The molecule has 2 aliphatic rings. The van der Waals surface area contributed by atoms with Crippen molar-refractivity contribution in [2.24, 2.45) is 5.73 Å². The third-order valence-corrected chi connectivity index (χ3v) is 3.76. The fraction of sp³-hybridized carbons (Fsp3) is 1.00. The molecule has 3 unspecified atom stereocenters. The lowest BCUT2D eigenvalue weighted by atomic mass is 9.75. The van der Waals surface area contributed by atoms with Crippen molar-refractivity contribution in [3.05, 3.63) is 0 Å². The highest BCUT2D eigenvalue weighted by Crippen LogP contribution is 2.33. The summed E-state index contributed by atoms with van der Waals surface area (Å²) >= 11 is 0. The Kier molecular flexibility index (Phi) is 3.10. The van der Waals surface area contributed by atoms with Crippen molar-refractivity contribution in [2.75, 3.05) is 6.54 Å². The smallest absolute Gasteiger partial charge is 0.0814 e. The summed E-state index contributed by atoms with van der Waals surface area (Å²) in [5.41, 5.74) is 5.41. The minimum absolute atomic E-state index is 0.206. The molecule has 3 atom stereocenters. The summed E-state index contributed by atoms with van der Waals surface area (Å²) in [5, 5.41) is 14.0. The summed E-state index contributed by atoms with van der Waals surface area (Å²) in [4.78, 5) is 0. The highest BCUT2D eigenvalue weighted by atomic mass is 16.3. The second-order valence-corrected chi connectivity index (χ2v) is 4.96. The molecule has 1 aliphatic carbocycles. The Balaban J connectivity index is 1.98. The zero-order valence-electron chi connectivity index (χ0n) is 8.84. The van der Waals surface area contributed by atoms with E-state index < -0.39 is 5.60 Å². The monoisotopic (exact) mass is 198 g/mol. The lowest BCUT2D eigenvalue weighted by molar-refractivity contribution is -0.0425. The van der Waals surface area contributed by atoms with E-state index in [-0.39, 0.29) is 6.04 Å². The topological polar surface area (TPSA) is 58.3 Å². The highest BCUT2D eigenvalue weighted by molar-refractivity contribution is 4.98. The molecule has 0 aromatic carbocycles. The molecule has 0 radical (unpaired) electrons. The Hall–Kier alpha value is -0.120. The van der Waals surface area contributed by atoms with Gasteiger partial charge >= 0.3 is 0 Å². The van der Waals surface area contributed by atoms with E-state index in [1.165, 1.54) is 12.8 Å². The van der Waals surface area contributed by atoms with E-state index in [2.05, 4.69) is 5.32 Å². The minimum atomic E-state index is -0.516. The number of nitrogens with one attached hydrogen (secondary N) is 1. The van der Waals surface area contributed by atoms with Crippen molar-refractivity contribution in [1.29, 1.82) is 0 Å². The Morgan fingerprint density at radius 1 is 1.21 bits per heavy atom. The van der Waals surface area contributed by atoms with Crippen molar-refractivity contribution >= 4 is 0 Å². The normalized spacial score (nSPS) is 45.0. The molecule has 0 amide bonds. The van der Waals surface area contributed by atoms with Gasteiger partial charge in [-0.05, 0) is 45.1 Å². The van der Waals surface area contributed by atoms with E-state index in [1.54, 1.807) is 0 Å². The number of nitrogens with two attached hydrogens (primary N) is 1. The Morgan fingerprint density at radius 3 is 2.71 bits per heavy atom. The lowest BCUT2D eigenvalue weighted by Gasteiger charge is -2.43. The predicted molar refractivity (Wildman–Crippen MR) is 57.0 cm³/mol. The van der Waals surface area contributed by atoms with Crippen molar-refractivity contribution in [3.8, 4) is 0 Å². The van der Waals surface area contributed by atoms with Crippen LogP contribution in [-0.4, -0.2) is 29.3 Å². The van der Waals surface area contributed by atoms with E-state index in [9.17, 15) is 5.11 Å². The third-order valence-electron chi connectivity index (χ3n) is 3.76. The molecular weight excluding hydrogens is 176 g/mol. The van der Waals surface area contributed by atoms with Gasteiger partial charge in [0.1, 0.15) is 0 Å². The second kappa shape index (κ2) is 4.17. The molecular formula is C11H22N2O. The van der Waals surface area contributed by atoms with Gasteiger partial charge in [0.25, 0.3) is 0 Å². The van der Waals surface area contributed by atoms with Crippen LogP contribution in [0.1, 0.15) is 44.9 Å². The Bertz CT molecular complexity index is 192. The van der Waals surface area contributed by atoms with E-state index in [4.69, 9.17) is 5.73 Å². The molecule has 2 fully saturated rings. The van der Waals surface area contributed by atoms with Gasteiger partial charge in [0.05, 0.1) is 5.60 Å². The zero-order chi connectivity index (χ0) is 10.0. The van der Waals surface area contributed by atoms with Crippen LogP contribution in [0.4, 0.5) is 0 Å². The quantitative estimate of drug-likeness (QED) is 0.583. The van der Waals surface area contributed by atoms with Crippen LogP contribution >= 0.6 is 0 Å². The fourth-order valence-corrected chi connectivity index (χ4v) is 2.96. The molecule has 3 heteroatoms. The molecule has 1 saturated heterocycles. The van der Waals surface area contributed by atoms with Gasteiger partial charge in [-0.15, -0.1) is 0 Å². The van der Waals surface area contributed by atoms with Gasteiger partial charge in [0, 0.05) is 12.1 Å². The van der Waals surface area contributed by atoms with Crippen LogP contribution in [0.3, 0.4) is 0 Å². The number of rotatable bonds is 1. The maximum Gasteiger partial charge on any atom is 0.0814 e. The molecule has 0 aromatic heterocycles. The van der Waals surface area contributed by atoms with Gasteiger partial charge in [-0.3, -0.25) is 0 Å². The van der Waals surface area contributed by atoms with Crippen LogP contribution in [0.5, 0.6) is 0 Å². The van der Waals surface area contributed by atoms with Crippen LogP contribution < -0.4 is 11.1 Å². The summed E-state index contributed by atoms with van der Waals surface area (Å²) in [7, 11) is 0. The molecule has 1 saturated carbocycles. The van der Waals surface area contributed by atoms with Gasteiger partial charge < -0.3 is 16.2 Å². The van der Waals surface area contributed by atoms with Crippen LogP contribution in [-0.2, 0) is 0 Å². The maximum atomic E-state index is 10.5. The summed E-state index contributed by atoms with van der Waals surface area (Å²) < 4.78 is 0. The van der Waals surface area contributed by atoms with Gasteiger partial charge in [0.2, 0.25) is 0 Å². The first kappa shape index (κ1) is 10.4. The molecule has 3 nitrogen and oxygen atoms in total. The first-order chi connectivity index (χ1) is 6.71. The summed E-state index contributed by atoms with van der Waals surface area (Å²) in [6, 6.07) is 0.500. The molecule has 2 rings (SSSR count). The number of piperidine rings is 1. The van der Waals surface area contributed by atoms with Crippen LogP contribution in [0.15, 0.2) is 0 Å². The summed E-state index contributed by atoms with van der Waals surface area (Å²) in [6.07, 6.45) is 7.48. The fourth-order valence-electron chi connectivity index (χ4n) is 2.96. The molecule has 4 N–H and O–H groups in total. The number of aliphatic hydroxyl groups is 1. The predicted octanol–water partition coefficient (Wildman–Crippen LogP) is 0.761.